The summed E-state index contributed by atoms with van der Waals surface area (Å²) in [6.45, 7) is 5.36. The summed E-state index contributed by atoms with van der Waals surface area (Å²) in [7, 11) is 0. The van der Waals surface area contributed by atoms with Gasteiger partial charge in [-0.25, -0.2) is 9.67 Å². The first-order chi connectivity index (χ1) is 9.45. The van der Waals surface area contributed by atoms with E-state index in [1.165, 1.54) is 0 Å². The summed E-state index contributed by atoms with van der Waals surface area (Å²) in [5.41, 5.74) is 3.24. The summed E-state index contributed by atoms with van der Waals surface area (Å²) >= 11 is 0. The summed E-state index contributed by atoms with van der Waals surface area (Å²) < 4.78 is 1.54. The number of hydrogen-bond donors (Lipinski definition) is 1. The highest BCUT2D eigenvalue weighted by Crippen LogP contribution is 2.21. The molecule has 0 unspecified atom stereocenters. The number of carbonyl (C=O) groups is 1. The van der Waals surface area contributed by atoms with Gasteiger partial charge in [0, 0.05) is 17.5 Å². The van der Waals surface area contributed by atoms with Crippen LogP contribution in [0.3, 0.4) is 0 Å². The van der Waals surface area contributed by atoms with Crippen molar-refractivity contribution in [3.05, 3.63) is 40.3 Å². The first-order valence-corrected chi connectivity index (χ1v) is 6.08. The predicted octanol–water partition coefficient (Wildman–Crippen LogP) is 1.69. The van der Waals surface area contributed by atoms with Gasteiger partial charge in [-0.3, -0.25) is 4.79 Å². The maximum absolute atomic E-state index is 10.9. The van der Waals surface area contributed by atoms with Crippen molar-refractivity contribution >= 4 is 5.97 Å². The average molecular weight is 270 g/mol. The summed E-state index contributed by atoms with van der Waals surface area (Å²) in [6, 6.07) is 3.88. The van der Waals surface area contributed by atoms with Crippen LogP contribution in [0.4, 0.5) is 0 Å². The molecule has 0 fully saturated rings. The van der Waals surface area contributed by atoms with Crippen LogP contribution in [0.25, 0.3) is 5.82 Å². The van der Waals surface area contributed by atoms with Gasteiger partial charge in [0.1, 0.15) is 6.07 Å². The lowest BCUT2D eigenvalue weighted by Gasteiger charge is -2.07. The Morgan fingerprint density at radius 1 is 1.45 bits per heavy atom. The number of aliphatic carboxylic acids is 1. The van der Waals surface area contributed by atoms with E-state index in [1.807, 2.05) is 6.92 Å². The zero-order chi connectivity index (χ0) is 14.9. The van der Waals surface area contributed by atoms with Crippen molar-refractivity contribution in [3.63, 3.8) is 0 Å². The lowest BCUT2D eigenvalue weighted by atomic mass is 10.1. The number of pyridine rings is 1. The predicted molar refractivity (Wildman–Crippen MR) is 71.6 cm³/mol. The van der Waals surface area contributed by atoms with E-state index >= 15 is 0 Å². The highest BCUT2D eigenvalue weighted by molar-refractivity contribution is 5.71. The molecule has 0 atom stereocenters. The van der Waals surface area contributed by atoms with Crippen LogP contribution < -0.4 is 0 Å². The van der Waals surface area contributed by atoms with Gasteiger partial charge in [0.15, 0.2) is 5.82 Å². The van der Waals surface area contributed by atoms with Crippen LogP contribution in [-0.4, -0.2) is 25.8 Å². The summed E-state index contributed by atoms with van der Waals surface area (Å²) in [4.78, 5) is 15.1. The molecule has 0 aliphatic heterocycles. The van der Waals surface area contributed by atoms with Gasteiger partial charge >= 0.3 is 5.97 Å². The van der Waals surface area contributed by atoms with Crippen LogP contribution in [0.1, 0.15) is 28.1 Å². The Balaban J connectivity index is 2.64. The lowest BCUT2D eigenvalue weighted by Crippen LogP contribution is -2.07. The van der Waals surface area contributed by atoms with Gasteiger partial charge in [0.25, 0.3) is 0 Å². The average Bonchev–Trinajstić information content (AvgIpc) is 2.66. The molecule has 6 heteroatoms. The molecule has 0 aliphatic rings. The topological polar surface area (TPSA) is 91.8 Å². The minimum atomic E-state index is -0.909. The summed E-state index contributed by atoms with van der Waals surface area (Å²) in [5.74, 6) is -0.474. The molecular weight excluding hydrogens is 256 g/mol. The van der Waals surface area contributed by atoms with Crippen LogP contribution in [0.5, 0.6) is 0 Å². The molecule has 0 aliphatic carbocycles. The Hall–Kier alpha value is -2.68. The number of rotatable bonds is 3. The van der Waals surface area contributed by atoms with Crippen molar-refractivity contribution in [2.45, 2.75) is 27.2 Å². The second-order valence-corrected chi connectivity index (χ2v) is 4.57. The van der Waals surface area contributed by atoms with Gasteiger partial charge in [-0.05, 0) is 32.4 Å². The Kier molecular flexibility index (Phi) is 3.53. The molecule has 2 aromatic heterocycles. The van der Waals surface area contributed by atoms with E-state index in [2.05, 4.69) is 16.2 Å². The van der Waals surface area contributed by atoms with E-state index in [0.717, 1.165) is 5.56 Å². The molecule has 102 valence electrons. The number of nitriles is 1. The van der Waals surface area contributed by atoms with Gasteiger partial charge in [-0.15, -0.1) is 0 Å². The van der Waals surface area contributed by atoms with Crippen molar-refractivity contribution in [2.75, 3.05) is 0 Å². The standard InChI is InChI=1S/C14H14N4O2/c1-8-4-5-16-14(12(8)7-15)18-10(3)11(6-13(19)20)9(2)17-18/h4-5H,6H2,1-3H3,(H,19,20). The SMILES string of the molecule is Cc1ccnc(-n2nc(C)c(CC(=O)O)c2C)c1C#N. The Bertz CT molecular complexity index is 726. The number of aromatic nitrogens is 3. The largest absolute Gasteiger partial charge is 0.481 e. The molecule has 20 heavy (non-hydrogen) atoms. The number of aryl methyl sites for hydroxylation is 2. The molecule has 0 saturated heterocycles. The van der Waals surface area contributed by atoms with E-state index in [9.17, 15) is 10.1 Å². The molecule has 0 aromatic carbocycles. The number of carboxylic acids is 1. The third kappa shape index (κ3) is 2.26. The fraction of sp³-hybridized carbons (Fsp3) is 0.286. The van der Waals surface area contributed by atoms with E-state index < -0.39 is 5.97 Å². The van der Waals surface area contributed by atoms with Crippen molar-refractivity contribution in [2.24, 2.45) is 0 Å². The van der Waals surface area contributed by atoms with Crippen LogP contribution >= 0.6 is 0 Å². The van der Waals surface area contributed by atoms with Crippen molar-refractivity contribution in [3.8, 4) is 11.9 Å². The highest BCUT2D eigenvalue weighted by Gasteiger charge is 2.18. The minimum Gasteiger partial charge on any atom is -0.481 e. The third-order valence-corrected chi connectivity index (χ3v) is 3.22. The quantitative estimate of drug-likeness (QED) is 0.916. The van der Waals surface area contributed by atoms with E-state index in [1.54, 1.807) is 30.8 Å². The van der Waals surface area contributed by atoms with Crippen LogP contribution in [0.2, 0.25) is 0 Å². The van der Waals surface area contributed by atoms with Gasteiger partial charge < -0.3 is 5.11 Å². The fourth-order valence-electron chi connectivity index (χ4n) is 2.13. The zero-order valence-electron chi connectivity index (χ0n) is 11.5. The molecule has 6 nitrogen and oxygen atoms in total. The van der Waals surface area contributed by atoms with Crippen molar-refractivity contribution < 1.29 is 9.90 Å². The van der Waals surface area contributed by atoms with Gasteiger partial charge in [-0.1, -0.05) is 0 Å². The van der Waals surface area contributed by atoms with Crippen LogP contribution in [0, 0.1) is 32.1 Å². The molecule has 2 rings (SSSR count). The normalized spacial score (nSPS) is 10.3. The Labute approximate surface area is 116 Å². The molecule has 0 radical (unpaired) electrons. The molecule has 0 spiro atoms. The molecule has 1 N–H and O–H groups in total. The molecule has 2 heterocycles. The Morgan fingerprint density at radius 2 is 2.15 bits per heavy atom. The molecule has 0 amide bonds. The molecular formula is C14H14N4O2. The Morgan fingerprint density at radius 3 is 2.75 bits per heavy atom. The van der Waals surface area contributed by atoms with Gasteiger partial charge in [0.2, 0.25) is 0 Å². The zero-order valence-corrected chi connectivity index (χ0v) is 11.5. The third-order valence-electron chi connectivity index (χ3n) is 3.22. The molecule has 0 bridgehead atoms. The highest BCUT2D eigenvalue weighted by atomic mass is 16.4. The fourth-order valence-corrected chi connectivity index (χ4v) is 2.13. The monoisotopic (exact) mass is 270 g/mol. The van der Waals surface area contributed by atoms with E-state index in [0.29, 0.717) is 28.3 Å². The van der Waals surface area contributed by atoms with Crippen LogP contribution in [0.15, 0.2) is 12.3 Å². The summed E-state index contributed by atoms with van der Waals surface area (Å²) in [6.07, 6.45) is 1.52. The number of hydrogen-bond acceptors (Lipinski definition) is 4. The lowest BCUT2D eigenvalue weighted by molar-refractivity contribution is -0.136. The number of carboxylic acid groups (broad SMARTS) is 1. The van der Waals surface area contributed by atoms with Crippen molar-refractivity contribution in [1.82, 2.24) is 14.8 Å². The first kappa shape index (κ1) is 13.7. The maximum atomic E-state index is 10.9. The van der Waals surface area contributed by atoms with E-state index in [-0.39, 0.29) is 6.42 Å². The second kappa shape index (κ2) is 5.13. The van der Waals surface area contributed by atoms with Crippen LogP contribution in [-0.2, 0) is 11.2 Å². The molecule has 2 aromatic rings. The molecule has 0 saturated carbocycles. The first-order valence-electron chi connectivity index (χ1n) is 6.08. The summed E-state index contributed by atoms with van der Waals surface area (Å²) in [5, 5.41) is 22.5. The van der Waals surface area contributed by atoms with Crippen molar-refractivity contribution in [1.29, 1.82) is 5.26 Å². The van der Waals surface area contributed by atoms with Gasteiger partial charge in [-0.2, -0.15) is 10.4 Å². The maximum Gasteiger partial charge on any atom is 0.307 e. The number of nitrogens with zero attached hydrogens (tertiary/aromatic N) is 4. The van der Waals surface area contributed by atoms with Gasteiger partial charge in [0.05, 0.1) is 17.7 Å². The second-order valence-electron chi connectivity index (χ2n) is 4.57. The smallest absolute Gasteiger partial charge is 0.307 e. The minimum absolute atomic E-state index is 0.0919. The van der Waals surface area contributed by atoms with E-state index in [4.69, 9.17) is 5.11 Å².